The molecule has 0 aliphatic heterocycles. The first-order valence-electron chi connectivity index (χ1n) is 6.12. The van der Waals surface area contributed by atoms with Crippen molar-refractivity contribution in [3.05, 3.63) is 24.5 Å². The van der Waals surface area contributed by atoms with Gasteiger partial charge in [-0.15, -0.1) is 0 Å². The monoisotopic (exact) mass is 248 g/mol. The largest absolute Gasteiger partial charge is 0.481 e. The molecule has 1 amide bonds. The summed E-state index contributed by atoms with van der Waals surface area (Å²) in [4.78, 5) is 27.1. The molecule has 2 atom stereocenters. The van der Waals surface area contributed by atoms with Gasteiger partial charge in [-0.25, -0.2) is 0 Å². The number of pyridine rings is 1. The summed E-state index contributed by atoms with van der Waals surface area (Å²) in [5.74, 6) is -2.08. The Hall–Kier alpha value is -1.91. The van der Waals surface area contributed by atoms with Crippen molar-refractivity contribution in [1.29, 1.82) is 0 Å². The molecule has 5 nitrogen and oxygen atoms in total. The number of aromatic nitrogens is 1. The molecule has 1 aliphatic rings. The maximum Gasteiger partial charge on any atom is 0.307 e. The summed E-state index contributed by atoms with van der Waals surface area (Å²) in [5.41, 5.74) is 0.609. The topological polar surface area (TPSA) is 79.3 Å². The van der Waals surface area contributed by atoms with Crippen LogP contribution in [0.1, 0.15) is 25.7 Å². The Morgan fingerprint density at radius 2 is 2.00 bits per heavy atom. The zero-order valence-corrected chi connectivity index (χ0v) is 10.0. The van der Waals surface area contributed by atoms with E-state index in [9.17, 15) is 9.59 Å². The third-order valence-corrected chi connectivity index (χ3v) is 3.35. The number of anilines is 1. The van der Waals surface area contributed by atoms with Gasteiger partial charge >= 0.3 is 5.97 Å². The molecule has 2 N–H and O–H groups in total. The molecule has 0 unspecified atom stereocenters. The van der Waals surface area contributed by atoms with Crippen LogP contribution in [0, 0.1) is 11.8 Å². The minimum Gasteiger partial charge on any atom is -0.481 e. The Labute approximate surface area is 105 Å². The zero-order chi connectivity index (χ0) is 13.0. The Balaban J connectivity index is 2.05. The predicted octanol–water partition coefficient (Wildman–Crippen LogP) is 1.91. The highest BCUT2D eigenvalue weighted by Gasteiger charge is 2.35. The van der Waals surface area contributed by atoms with Gasteiger partial charge in [0.2, 0.25) is 5.91 Å². The molecule has 0 bridgehead atoms. The number of nitrogens with zero attached hydrogens (tertiary/aromatic N) is 1. The number of carbonyl (C=O) groups is 2. The van der Waals surface area contributed by atoms with Crippen molar-refractivity contribution < 1.29 is 14.7 Å². The SMILES string of the molecule is O=C(O)[C@H]1CCCC[C@H]1C(=O)Nc1cccnc1. The first-order valence-corrected chi connectivity index (χ1v) is 6.12. The van der Waals surface area contributed by atoms with E-state index in [4.69, 9.17) is 5.11 Å². The molecular formula is C13H16N2O3. The van der Waals surface area contributed by atoms with Gasteiger partial charge in [-0.05, 0) is 25.0 Å². The lowest BCUT2D eigenvalue weighted by Crippen LogP contribution is -2.36. The second-order valence-electron chi connectivity index (χ2n) is 4.57. The third kappa shape index (κ3) is 2.85. The van der Waals surface area contributed by atoms with Crippen LogP contribution in [0.25, 0.3) is 0 Å². The van der Waals surface area contributed by atoms with E-state index in [0.29, 0.717) is 18.5 Å². The molecule has 1 fully saturated rings. The number of rotatable bonds is 3. The normalized spacial score (nSPS) is 23.3. The maximum atomic E-state index is 12.1. The van der Waals surface area contributed by atoms with Crippen LogP contribution in [-0.4, -0.2) is 22.0 Å². The third-order valence-electron chi connectivity index (χ3n) is 3.35. The number of carboxylic acids is 1. The van der Waals surface area contributed by atoms with Crippen molar-refractivity contribution in [2.75, 3.05) is 5.32 Å². The maximum absolute atomic E-state index is 12.1. The van der Waals surface area contributed by atoms with Crippen molar-refractivity contribution in [3.8, 4) is 0 Å². The molecule has 1 aliphatic carbocycles. The molecule has 1 heterocycles. The van der Waals surface area contributed by atoms with Gasteiger partial charge in [0.15, 0.2) is 0 Å². The summed E-state index contributed by atoms with van der Waals surface area (Å²) in [6.45, 7) is 0. The Bertz CT molecular complexity index is 433. The van der Waals surface area contributed by atoms with Crippen LogP contribution in [0.3, 0.4) is 0 Å². The van der Waals surface area contributed by atoms with Crippen molar-refractivity contribution in [2.24, 2.45) is 11.8 Å². The Morgan fingerprint density at radius 1 is 1.28 bits per heavy atom. The van der Waals surface area contributed by atoms with E-state index in [1.807, 2.05) is 0 Å². The van der Waals surface area contributed by atoms with Crippen molar-refractivity contribution in [3.63, 3.8) is 0 Å². The lowest BCUT2D eigenvalue weighted by molar-refractivity contribution is -0.147. The smallest absolute Gasteiger partial charge is 0.307 e. The van der Waals surface area contributed by atoms with Gasteiger partial charge in [0.25, 0.3) is 0 Å². The minimum absolute atomic E-state index is 0.213. The van der Waals surface area contributed by atoms with E-state index in [1.165, 1.54) is 0 Å². The molecule has 18 heavy (non-hydrogen) atoms. The van der Waals surface area contributed by atoms with E-state index < -0.39 is 17.8 Å². The van der Waals surface area contributed by atoms with Gasteiger partial charge in [-0.2, -0.15) is 0 Å². The summed E-state index contributed by atoms with van der Waals surface area (Å²) in [6, 6.07) is 3.47. The molecule has 0 radical (unpaired) electrons. The standard InChI is InChI=1S/C13H16N2O3/c16-12(15-9-4-3-7-14-8-9)10-5-1-2-6-11(10)13(17)18/h3-4,7-8,10-11H,1-2,5-6H2,(H,15,16)(H,17,18)/t10-,11+/m1/s1. The summed E-state index contributed by atoms with van der Waals surface area (Å²) < 4.78 is 0. The highest BCUT2D eigenvalue weighted by Crippen LogP contribution is 2.31. The Morgan fingerprint density at radius 3 is 2.61 bits per heavy atom. The number of nitrogens with one attached hydrogen (secondary N) is 1. The number of hydrogen-bond acceptors (Lipinski definition) is 3. The number of carboxylic acid groups (broad SMARTS) is 1. The van der Waals surface area contributed by atoms with Crippen molar-refractivity contribution in [2.45, 2.75) is 25.7 Å². The van der Waals surface area contributed by atoms with E-state index in [1.54, 1.807) is 24.5 Å². The highest BCUT2D eigenvalue weighted by atomic mass is 16.4. The quantitative estimate of drug-likeness (QED) is 0.856. The van der Waals surface area contributed by atoms with E-state index in [0.717, 1.165) is 12.8 Å². The zero-order valence-electron chi connectivity index (χ0n) is 10.0. The number of aliphatic carboxylic acids is 1. The van der Waals surface area contributed by atoms with Gasteiger partial charge in [0.1, 0.15) is 0 Å². The van der Waals surface area contributed by atoms with Crippen LogP contribution >= 0.6 is 0 Å². The van der Waals surface area contributed by atoms with Crippen molar-refractivity contribution >= 4 is 17.6 Å². The minimum atomic E-state index is -0.874. The van der Waals surface area contributed by atoms with E-state index in [-0.39, 0.29) is 5.91 Å². The lowest BCUT2D eigenvalue weighted by Gasteiger charge is -2.27. The van der Waals surface area contributed by atoms with E-state index >= 15 is 0 Å². The first-order chi connectivity index (χ1) is 8.68. The average Bonchev–Trinajstić information content (AvgIpc) is 2.40. The van der Waals surface area contributed by atoms with Crippen LogP contribution in [0.2, 0.25) is 0 Å². The number of hydrogen-bond donors (Lipinski definition) is 2. The second kappa shape index (κ2) is 5.62. The summed E-state index contributed by atoms with van der Waals surface area (Å²) in [7, 11) is 0. The van der Waals surface area contributed by atoms with Gasteiger partial charge in [-0.3, -0.25) is 14.6 Å². The molecule has 1 aromatic rings. The van der Waals surface area contributed by atoms with Crippen LogP contribution in [0.5, 0.6) is 0 Å². The van der Waals surface area contributed by atoms with Gasteiger partial charge in [-0.1, -0.05) is 12.8 Å². The number of carbonyl (C=O) groups excluding carboxylic acids is 1. The van der Waals surface area contributed by atoms with Crippen LogP contribution in [0.15, 0.2) is 24.5 Å². The fraction of sp³-hybridized carbons (Fsp3) is 0.462. The number of amides is 1. The van der Waals surface area contributed by atoms with Crippen molar-refractivity contribution in [1.82, 2.24) is 4.98 Å². The van der Waals surface area contributed by atoms with Gasteiger partial charge in [0.05, 0.1) is 23.7 Å². The van der Waals surface area contributed by atoms with Gasteiger partial charge < -0.3 is 10.4 Å². The molecule has 1 saturated carbocycles. The van der Waals surface area contributed by atoms with E-state index in [2.05, 4.69) is 10.3 Å². The highest BCUT2D eigenvalue weighted by molar-refractivity contribution is 5.95. The average molecular weight is 248 g/mol. The second-order valence-corrected chi connectivity index (χ2v) is 4.57. The molecule has 96 valence electrons. The lowest BCUT2D eigenvalue weighted by atomic mass is 9.78. The molecular weight excluding hydrogens is 232 g/mol. The van der Waals surface area contributed by atoms with Crippen LogP contribution in [0.4, 0.5) is 5.69 Å². The molecule has 1 aromatic heterocycles. The van der Waals surface area contributed by atoms with Crippen LogP contribution < -0.4 is 5.32 Å². The molecule has 0 saturated heterocycles. The fourth-order valence-corrected chi connectivity index (χ4v) is 2.41. The summed E-state index contributed by atoms with van der Waals surface area (Å²) >= 11 is 0. The first kappa shape index (κ1) is 12.5. The molecule has 2 rings (SSSR count). The summed E-state index contributed by atoms with van der Waals surface area (Å²) in [6.07, 6.45) is 6.19. The van der Waals surface area contributed by atoms with Crippen LogP contribution in [-0.2, 0) is 9.59 Å². The molecule has 0 spiro atoms. The fourth-order valence-electron chi connectivity index (χ4n) is 2.41. The molecule has 5 heteroatoms. The molecule has 0 aromatic carbocycles. The Kier molecular flexibility index (Phi) is 3.92. The predicted molar refractivity (Wildman–Crippen MR) is 66.0 cm³/mol. The van der Waals surface area contributed by atoms with Gasteiger partial charge in [0, 0.05) is 6.20 Å². The summed E-state index contributed by atoms with van der Waals surface area (Å²) in [5, 5.41) is 11.9.